The van der Waals surface area contributed by atoms with Gasteiger partial charge in [0.1, 0.15) is 0 Å². The van der Waals surface area contributed by atoms with Gasteiger partial charge >= 0.3 is 0 Å². The van der Waals surface area contributed by atoms with E-state index in [9.17, 15) is 8.42 Å². The molecule has 0 aliphatic heterocycles. The summed E-state index contributed by atoms with van der Waals surface area (Å²) in [7, 11) is -3.34. The van der Waals surface area contributed by atoms with Gasteiger partial charge in [0, 0.05) is 11.1 Å². The van der Waals surface area contributed by atoms with Crippen LogP contribution in [-0.2, 0) is 9.84 Å². The predicted octanol–water partition coefficient (Wildman–Crippen LogP) is 2.89. The first-order valence-corrected chi connectivity index (χ1v) is 8.08. The number of nitrogens with one attached hydrogen (secondary N) is 1. The minimum absolute atomic E-state index is 0.0426. The molecule has 0 amide bonds. The summed E-state index contributed by atoms with van der Waals surface area (Å²) >= 11 is 5.85. The first kappa shape index (κ1) is 15.5. The highest BCUT2D eigenvalue weighted by molar-refractivity contribution is 7.92. The number of hydrogen-bond donors (Lipinski definition) is 1. The van der Waals surface area contributed by atoms with E-state index in [-0.39, 0.29) is 6.04 Å². The summed E-state index contributed by atoms with van der Waals surface area (Å²) in [6.07, 6.45) is 0.773. The Kier molecular flexibility index (Phi) is 5.63. The van der Waals surface area contributed by atoms with Crippen LogP contribution >= 0.6 is 11.6 Å². The second kappa shape index (κ2) is 6.55. The van der Waals surface area contributed by atoms with E-state index < -0.39 is 15.1 Å². The quantitative estimate of drug-likeness (QED) is 0.876. The number of halogens is 1. The maximum atomic E-state index is 12.5. The second-order valence-corrected chi connectivity index (χ2v) is 7.02. The van der Waals surface area contributed by atoms with Crippen LogP contribution in [0.2, 0.25) is 5.02 Å². The fourth-order valence-corrected chi connectivity index (χ4v) is 3.94. The molecule has 0 bridgehead atoms. The molecule has 18 heavy (non-hydrogen) atoms. The molecule has 1 aromatic carbocycles. The molecular weight excluding hydrogens is 270 g/mol. The first-order valence-electron chi connectivity index (χ1n) is 6.16. The van der Waals surface area contributed by atoms with Crippen LogP contribution in [0.1, 0.15) is 27.2 Å². The third kappa shape index (κ3) is 3.46. The summed E-state index contributed by atoms with van der Waals surface area (Å²) in [5, 5.41) is 3.18. The van der Waals surface area contributed by atoms with E-state index in [2.05, 4.69) is 5.32 Å². The largest absolute Gasteiger partial charge is 0.313 e. The first-order chi connectivity index (χ1) is 8.43. The third-order valence-electron chi connectivity index (χ3n) is 3.09. The Morgan fingerprint density at radius 1 is 1.33 bits per heavy atom. The van der Waals surface area contributed by atoms with Gasteiger partial charge in [0.05, 0.1) is 10.1 Å². The Balaban J connectivity index is 3.06. The van der Waals surface area contributed by atoms with Crippen LogP contribution in [0.25, 0.3) is 0 Å². The van der Waals surface area contributed by atoms with Crippen LogP contribution in [0.5, 0.6) is 0 Å². The molecule has 3 nitrogen and oxygen atoms in total. The molecule has 0 aromatic heterocycles. The van der Waals surface area contributed by atoms with Crippen molar-refractivity contribution in [1.82, 2.24) is 5.32 Å². The van der Waals surface area contributed by atoms with Gasteiger partial charge in [0.15, 0.2) is 9.84 Å². The molecule has 0 saturated heterocycles. The van der Waals surface area contributed by atoms with Crippen LogP contribution < -0.4 is 5.32 Å². The summed E-state index contributed by atoms with van der Waals surface area (Å²) in [6.45, 7) is 6.46. The van der Waals surface area contributed by atoms with E-state index >= 15 is 0 Å². The van der Waals surface area contributed by atoms with Gasteiger partial charge in [-0.2, -0.15) is 0 Å². The monoisotopic (exact) mass is 289 g/mol. The second-order valence-electron chi connectivity index (χ2n) is 4.28. The number of benzene rings is 1. The van der Waals surface area contributed by atoms with Crippen molar-refractivity contribution in [3.63, 3.8) is 0 Å². The van der Waals surface area contributed by atoms with Crippen LogP contribution in [0.3, 0.4) is 0 Å². The topological polar surface area (TPSA) is 46.2 Å². The average Bonchev–Trinajstić information content (AvgIpc) is 2.35. The maximum absolute atomic E-state index is 12.5. The zero-order chi connectivity index (χ0) is 13.8. The fourth-order valence-electron chi connectivity index (χ4n) is 1.98. The standard InChI is InChI=1S/C13H20ClNO2S/c1-4-13(15-5-2)10(3)18(16,17)12-8-6-7-11(14)9-12/h6-10,13,15H,4-5H2,1-3H3. The smallest absolute Gasteiger partial charge is 0.182 e. The van der Waals surface area contributed by atoms with Crippen LogP contribution in [0.15, 0.2) is 29.2 Å². The van der Waals surface area contributed by atoms with Gasteiger partial charge in [-0.05, 0) is 38.1 Å². The Labute approximate surface area is 114 Å². The molecule has 1 aromatic rings. The van der Waals surface area contributed by atoms with Crippen LogP contribution in [0, 0.1) is 0 Å². The Hall–Kier alpha value is -0.580. The number of rotatable bonds is 6. The van der Waals surface area contributed by atoms with Crippen LogP contribution in [-0.4, -0.2) is 26.3 Å². The Bertz CT molecular complexity index is 488. The zero-order valence-corrected chi connectivity index (χ0v) is 12.6. The van der Waals surface area contributed by atoms with Gasteiger partial charge < -0.3 is 5.32 Å². The summed E-state index contributed by atoms with van der Waals surface area (Å²) in [5.41, 5.74) is 0. The molecule has 0 spiro atoms. The van der Waals surface area contributed by atoms with Crippen molar-refractivity contribution >= 4 is 21.4 Å². The molecular formula is C13H20ClNO2S. The minimum Gasteiger partial charge on any atom is -0.313 e. The summed E-state index contributed by atoms with van der Waals surface area (Å²) in [6, 6.07) is 6.39. The van der Waals surface area contributed by atoms with E-state index in [0.29, 0.717) is 9.92 Å². The van der Waals surface area contributed by atoms with E-state index in [1.807, 2.05) is 13.8 Å². The summed E-state index contributed by atoms with van der Waals surface area (Å²) in [4.78, 5) is 0.291. The lowest BCUT2D eigenvalue weighted by atomic mass is 10.2. The summed E-state index contributed by atoms with van der Waals surface area (Å²) < 4.78 is 24.9. The van der Waals surface area contributed by atoms with Gasteiger partial charge in [-0.1, -0.05) is 31.5 Å². The van der Waals surface area contributed by atoms with Crippen LogP contribution in [0.4, 0.5) is 0 Å². The molecule has 2 unspecified atom stereocenters. The SMILES string of the molecule is CCNC(CC)C(C)S(=O)(=O)c1cccc(Cl)c1. The zero-order valence-electron chi connectivity index (χ0n) is 11.0. The van der Waals surface area contributed by atoms with Gasteiger partial charge in [0.2, 0.25) is 0 Å². The average molecular weight is 290 g/mol. The maximum Gasteiger partial charge on any atom is 0.182 e. The minimum atomic E-state index is -3.34. The highest BCUT2D eigenvalue weighted by Gasteiger charge is 2.29. The van der Waals surface area contributed by atoms with Crippen molar-refractivity contribution in [1.29, 1.82) is 0 Å². The molecule has 0 aliphatic rings. The lowest BCUT2D eigenvalue weighted by Crippen LogP contribution is -2.42. The lowest BCUT2D eigenvalue weighted by Gasteiger charge is -2.23. The van der Waals surface area contributed by atoms with Gasteiger partial charge in [0.25, 0.3) is 0 Å². The molecule has 0 fully saturated rings. The molecule has 1 rings (SSSR count). The Morgan fingerprint density at radius 3 is 2.50 bits per heavy atom. The van der Waals surface area contributed by atoms with Crippen molar-refractivity contribution in [3.8, 4) is 0 Å². The Morgan fingerprint density at radius 2 is 2.00 bits per heavy atom. The normalized spacial score (nSPS) is 15.3. The molecule has 1 N–H and O–H groups in total. The van der Waals surface area contributed by atoms with Crippen molar-refractivity contribution in [2.24, 2.45) is 0 Å². The van der Waals surface area contributed by atoms with Crippen molar-refractivity contribution in [2.75, 3.05) is 6.54 Å². The van der Waals surface area contributed by atoms with Crippen molar-refractivity contribution in [3.05, 3.63) is 29.3 Å². The number of hydrogen-bond acceptors (Lipinski definition) is 3. The van der Waals surface area contributed by atoms with E-state index in [1.54, 1.807) is 25.1 Å². The molecule has 2 atom stereocenters. The summed E-state index contributed by atoms with van der Waals surface area (Å²) in [5.74, 6) is 0. The molecule has 0 heterocycles. The van der Waals surface area contributed by atoms with E-state index in [0.717, 1.165) is 13.0 Å². The molecule has 0 saturated carbocycles. The van der Waals surface area contributed by atoms with Crippen molar-refractivity contribution in [2.45, 2.75) is 43.4 Å². The molecule has 0 aliphatic carbocycles. The van der Waals surface area contributed by atoms with Gasteiger partial charge in [-0.25, -0.2) is 8.42 Å². The third-order valence-corrected chi connectivity index (χ3v) is 5.54. The fraction of sp³-hybridized carbons (Fsp3) is 0.538. The lowest BCUT2D eigenvalue weighted by molar-refractivity contribution is 0.483. The van der Waals surface area contributed by atoms with Gasteiger partial charge in [-0.3, -0.25) is 0 Å². The number of sulfone groups is 1. The van der Waals surface area contributed by atoms with Gasteiger partial charge in [-0.15, -0.1) is 0 Å². The molecule has 5 heteroatoms. The van der Waals surface area contributed by atoms with E-state index in [4.69, 9.17) is 11.6 Å². The molecule has 0 radical (unpaired) electrons. The highest BCUT2D eigenvalue weighted by atomic mass is 35.5. The van der Waals surface area contributed by atoms with E-state index in [1.165, 1.54) is 6.07 Å². The highest BCUT2D eigenvalue weighted by Crippen LogP contribution is 2.22. The van der Waals surface area contributed by atoms with Crippen molar-refractivity contribution < 1.29 is 8.42 Å². The molecule has 102 valence electrons. The predicted molar refractivity (Wildman–Crippen MR) is 75.9 cm³/mol.